The molecule has 0 amide bonds. The molecule has 1 N–H and O–H groups in total. The molecule has 1 aromatic heterocycles. The zero-order chi connectivity index (χ0) is 22.3. The van der Waals surface area contributed by atoms with Gasteiger partial charge >= 0.3 is 5.97 Å². The number of ether oxygens (including phenoxy) is 1. The number of rotatable bonds is 9. The summed E-state index contributed by atoms with van der Waals surface area (Å²) in [6.07, 6.45) is 4.00. The zero-order valence-corrected chi connectivity index (χ0v) is 18.8. The molecule has 166 valence electrons. The maximum Gasteiger partial charge on any atom is 0.335 e. The van der Waals surface area contributed by atoms with E-state index >= 15 is 0 Å². The number of hydrogen-bond donors (Lipinski definition) is 1. The Balaban J connectivity index is 1.50. The van der Waals surface area contributed by atoms with E-state index in [4.69, 9.17) is 9.84 Å². The summed E-state index contributed by atoms with van der Waals surface area (Å²) in [4.78, 5) is 27.6. The lowest BCUT2D eigenvalue weighted by molar-refractivity contribution is 0.0696. The average Bonchev–Trinajstić information content (AvgIpc) is 3.36. The Kier molecular flexibility index (Phi) is 7.35. The van der Waals surface area contributed by atoms with Gasteiger partial charge in [-0.05, 0) is 73.3 Å². The van der Waals surface area contributed by atoms with Gasteiger partial charge in [0.05, 0.1) is 5.56 Å². The predicted molar refractivity (Wildman–Crippen MR) is 127 cm³/mol. The summed E-state index contributed by atoms with van der Waals surface area (Å²) < 4.78 is 6.13. The van der Waals surface area contributed by atoms with Gasteiger partial charge < -0.3 is 9.84 Å². The molecular formula is C26H27NO4S. The summed E-state index contributed by atoms with van der Waals surface area (Å²) in [6, 6.07) is 16.2. The number of ketones is 1. The highest BCUT2D eigenvalue weighted by atomic mass is 32.1. The predicted octanol–water partition coefficient (Wildman–Crippen LogP) is 5.40. The lowest BCUT2D eigenvalue weighted by atomic mass is 9.99. The van der Waals surface area contributed by atoms with E-state index in [9.17, 15) is 9.59 Å². The minimum absolute atomic E-state index is 0.0638. The number of likely N-dealkylation sites (tertiary alicyclic amines) is 1. The Hall–Kier alpha value is -2.96. The van der Waals surface area contributed by atoms with Gasteiger partial charge in [-0.15, -0.1) is 11.3 Å². The molecule has 2 heterocycles. The van der Waals surface area contributed by atoms with Gasteiger partial charge in [0.15, 0.2) is 5.78 Å². The lowest BCUT2D eigenvalue weighted by Crippen LogP contribution is -2.33. The minimum Gasteiger partial charge on any atom is -0.492 e. The van der Waals surface area contributed by atoms with Crippen LogP contribution in [0, 0.1) is 0 Å². The second-order valence-electron chi connectivity index (χ2n) is 8.03. The molecule has 0 aliphatic carbocycles. The molecule has 4 rings (SSSR count). The molecule has 2 aromatic carbocycles. The summed E-state index contributed by atoms with van der Waals surface area (Å²) in [7, 11) is 0. The van der Waals surface area contributed by atoms with Crippen LogP contribution < -0.4 is 4.74 Å². The number of aromatic carboxylic acids is 1. The van der Waals surface area contributed by atoms with Crippen molar-refractivity contribution in [1.29, 1.82) is 0 Å². The molecule has 3 aromatic rings. The molecule has 5 nitrogen and oxygen atoms in total. The van der Waals surface area contributed by atoms with Gasteiger partial charge in [-0.3, -0.25) is 9.69 Å². The molecule has 0 saturated carbocycles. The van der Waals surface area contributed by atoms with Gasteiger partial charge in [-0.25, -0.2) is 4.79 Å². The number of carbonyl (C=O) groups excluding carboxylic acids is 1. The summed E-state index contributed by atoms with van der Waals surface area (Å²) >= 11 is 1.66. The SMILES string of the molecule is O=C(O)c1ccc(C(=O)Cc2cc(-c3cccs3)ccc2OCCN2CCCCC2)cc1. The second kappa shape index (κ2) is 10.6. The number of nitrogens with zero attached hydrogens (tertiary/aromatic N) is 1. The average molecular weight is 450 g/mol. The highest BCUT2D eigenvalue weighted by Crippen LogP contribution is 2.30. The van der Waals surface area contributed by atoms with Crippen molar-refractivity contribution in [2.24, 2.45) is 0 Å². The fourth-order valence-electron chi connectivity index (χ4n) is 4.00. The second-order valence-corrected chi connectivity index (χ2v) is 8.98. The third-order valence-corrected chi connectivity index (χ3v) is 6.70. The molecular weight excluding hydrogens is 422 g/mol. The van der Waals surface area contributed by atoms with Crippen molar-refractivity contribution in [3.05, 3.63) is 76.7 Å². The fourth-order valence-corrected chi connectivity index (χ4v) is 4.72. The number of piperidine rings is 1. The summed E-state index contributed by atoms with van der Waals surface area (Å²) in [5.41, 5.74) is 2.58. The van der Waals surface area contributed by atoms with Crippen LogP contribution >= 0.6 is 11.3 Å². The maximum absolute atomic E-state index is 13.0. The van der Waals surface area contributed by atoms with Crippen LogP contribution in [0.25, 0.3) is 10.4 Å². The van der Waals surface area contributed by atoms with Crippen LogP contribution in [0.4, 0.5) is 0 Å². The highest BCUT2D eigenvalue weighted by molar-refractivity contribution is 7.13. The van der Waals surface area contributed by atoms with Crippen LogP contribution in [-0.4, -0.2) is 48.0 Å². The van der Waals surface area contributed by atoms with E-state index in [1.165, 1.54) is 31.4 Å². The van der Waals surface area contributed by atoms with Crippen molar-refractivity contribution in [3.8, 4) is 16.2 Å². The minimum atomic E-state index is -1.00. The van der Waals surface area contributed by atoms with Crippen molar-refractivity contribution in [3.63, 3.8) is 0 Å². The van der Waals surface area contributed by atoms with E-state index in [-0.39, 0.29) is 17.8 Å². The summed E-state index contributed by atoms with van der Waals surface area (Å²) in [6.45, 7) is 3.72. The van der Waals surface area contributed by atoms with Crippen molar-refractivity contribution in [2.45, 2.75) is 25.7 Å². The first-order valence-electron chi connectivity index (χ1n) is 11.0. The first-order chi connectivity index (χ1) is 15.6. The molecule has 1 saturated heterocycles. The van der Waals surface area contributed by atoms with Crippen LogP contribution in [0.3, 0.4) is 0 Å². The molecule has 0 spiro atoms. The van der Waals surface area contributed by atoms with E-state index in [0.717, 1.165) is 41.4 Å². The number of benzene rings is 2. The maximum atomic E-state index is 13.0. The van der Waals surface area contributed by atoms with Gasteiger partial charge in [-0.2, -0.15) is 0 Å². The van der Waals surface area contributed by atoms with E-state index in [2.05, 4.69) is 11.0 Å². The summed E-state index contributed by atoms with van der Waals surface area (Å²) in [5, 5.41) is 11.1. The van der Waals surface area contributed by atoms with Crippen LogP contribution in [0.15, 0.2) is 60.0 Å². The number of hydrogen-bond acceptors (Lipinski definition) is 5. The van der Waals surface area contributed by atoms with Gasteiger partial charge in [0.2, 0.25) is 0 Å². The van der Waals surface area contributed by atoms with Gasteiger partial charge in [0.25, 0.3) is 0 Å². The third-order valence-electron chi connectivity index (χ3n) is 5.78. The molecule has 0 radical (unpaired) electrons. The topological polar surface area (TPSA) is 66.8 Å². The number of carboxylic acid groups (broad SMARTS) is 1. The van der Waals surface area contributed by atoms with Crippen molar-refractivity contribution >= 4 is 23.1 Å². The van der Waals surface area contributed by atoms with Gasteiger partial charge in [0, 0.05) is 29.0 Å². The Labute approximate surface area is 192 Å². The number of Topliss-reactive ketones (excluding diaryl/α,β-unsaturated/α-hetero) is 1. The molecule has 6 heteroatoms. The molecule has 0 atom stereocenters. The molecule has 1 aliphatic heterocycles. The molecule has 1 fully saturated rings. The van der Waals surface area contributed by atoms with E-state index in [0.29, 0.717) is 12.2 Å². The summed E-state index contributed by atoms with van der Waals surface area (Å²) in [5.74, 6) is -0.332. The van der Waals surface area contributed by atoms with Crippen LogP contribution in [0.5, 0.6) is 5.75 Å². The normalized spacial score (nSPS) is 14.2. The quantitative estimate of drug-likeness (QED) is 0.443. The molecule has 32 heavy (non-hydrogen) atoms. The molecule has 0 unspecified atom stereocenters. The van der Waals surface area contributed by atoms with Gasteiger partial charge in [0.1, 0.15) is 12.4 Å². The van der Waals surface area contributed by atoms with Gasteiger partial charge in [-0.1, -0.05) is 24.6 Å². The first-order valence-corrected chi connectivity index (χ1v) is 11.9. The van der Waals surface area contributed by atoms with Crippen LogP contribution in [-0.2, 0) is 6.42 Å². The fraction of sp³-hybridized carbons (Fsp3) is 0.308. The first kappa shape index (κ1) is 22.2. The van der Waals surface area contributed by atoms with Crippen molar-refractivity contribution in [1.82, 2.24) is 4.90 Å². The van der Waals surface area contributed by atoms with Crippen molar-refractivity contribution < 1.29 is 19.4 Å². The van der Waals surface area contributed by atoms with E-state index in [1.54, 1.807) is 23.5 Å². The Morgan fingerprint density at radius 1 is 0.969 bits per heavy atom. The molecule has 1 aliphatic rings. The Morgan fingerprint density at radius 3 is 2.41 bits per heavy atom. The smallest absolute Gasteiger partial charge is 0.335 e. The van der Waals surface area contributed by atoms with E-state index < -0.39 is 5.97 Å². The Bertz CT molecular complexity index is 1050. The lowest BCUT2D eigenvalue weighted by Gasteiger charge is -2.26. The van der Waals surface area contributed by atoms with E-state index in [1.807, 2.05) is 29.6 Å². The number of carboxylic acids is 1. The van der Waals surface area contributed by atoms with Crippen LogP contribution in [0.2, 0.25) is 0 Å². The largest absolute Gasteiger partial charge is 0.492 e. The van der Waals surface area contributed by atoms with Crippen molar-refractivity contribution in [2.75, 3.05) is 26.2 Å². The monoisotopic (exact) mass is 449 g/mol. The zero-order valence-electron chi connectivity index (χ0n) is 18.0. The standard InChI is InChI=1S/C26H27NO4S/c28-23(19-6-8-20(9-7-19)26(29)30)18-22-17-21(25-5-4-16-32-25)10-11-24(22)31-15-14-27-12-2-1-3-13-27/h4-11,16-17H,1-3,12-15,18H2,(H,29,30). The number of carbonyl (C=O) groups is 2. The Morgan fingerprint density at radius 2 is 1.72 bits per heavy atom. The van der Waals surface area contributed by atoms with Crippen LogP contribution in [0.1, 0.15) is 45.5 Å². The number of thiophene rings is 1. The third kappa shape index (κ3) is 5.64. The highest BCUT2D eigenvalue weighted by Gasteiger charge is 2.15. The molecule has 0 bridgehead atoms.